The quantitative estimate of drug-likeness (QED) is 0.813. The lowest BCUT2D eigenvalue weighted by Crippen LogP contribution is -2.44. The van der Waals surface area contributed by atoms with E-state index in [2.05, 4.69) is 4.98 Å². The number of rotatable bonds is 3. The second-order valence-electron chi connectivity index (χ2n) is 7.13. The molecule has 1 amide bonds. The van der Waals surface area contributed by atoms with Crippen LogP contribution in [0.15, 0.2) is 18.3 Å². The summed E-state index contributed by atoms with van der Waals surface area (Å²) in [6.45, 7) is 6.66. The van der Waals surface area contributed by atoms with Gasteiger partial charge in [0.05, 0.1) is 12.2 Å². The minimum absolute atomic E-state index is 0.0256. The number of pyridine rings is 1. The van der Waals surface area contributed by atoms with Gasteiger partial charge in [0, 0.05) is 31.3 Å². The number of ether oxygens (including phenoxy) is 2. The van der Waals surface area contributed by atoms with Crippen LogP contribution in [0.25, 0.3) is 0 Å². The molecular weight excluding hydrogens is 337 g/mol. The Morgan fingerprint density at radius 3 is 2.72 bits per heavy atom. The molecule has 8 heteroatoms. The fraction of sp³-hybridized carbons (Fsp3) is 0.647. The molecule has 5 nitrogen and oxygen atoms in total. The van der Waals surface area contributed by atoms with Gasteiger partial charge in [-0.3, -0.25) is 0 Å². The van der Waals surface area contributed by atoms with Crippen LogP contribution in [-0.2, 0) is 10.9 Å². The minimum atomic E-state index is -4.43. The molecular formula is C17H23F3N2O3. The van der Waals surface area contributed by atoms with E-state index in [1.807, 2.05) is 0 Å². The summed E-state index contributed by atoms with van der Waals surface area (Å²) in [7, 11) is 0. The van der Waals surface area contributed by atoms with E-state index >= 15 is 0 Å². The van der Waals surface area contributed by atoms with Crippen LogP contribution in [0.3, 0.4) is 0 Å². The monoisotopic (exact) mass is 360 g/mol. The molecule has 1 aromatic rings. The molecule has 1 aliphatic rings. The van der Waals surface area contributed by atoms with E-state index in [0.29, 0.717) is 13.1 Å². The van der Waals surface area contributed by atoms with Crippen molar-refractivity contribution in [2.75, 3.05) is 19.7 Å². The summed E-state index contributed by atoms with van der Waals surface area (Å²) in [6, 6.07) is 1.78. The molecule has 2 heterocycles. The first-order chi connectivity index (χ1) is 11.5. The lowest BCUT2D eigenvalue weighted by atomic mass is 9.99. The molecule has 1 fully saturated rings. The van der Waals surface area contributed by atoms with E-state index in [9.17, 15) is 18.0 Å². The smallest absolute Gasteiger partial charge is 0.416 e. The third-order valence-corrected chi connectivity index (χ3v) is 3.70. The molecule has 0 aromatic carbocycles. The Kier molecular flexibility index (Phi) is 5.80. The first-order valence-electron chi connectivity index (χ1n) is 8.18. The van der Waals surface area contributed by atoms with Crippen LogP contribution >= 0.6 is 0 Å². The lowest BCUT2D eigenvalue weighted by molar-refractivity contribution is -0.137. The Labute approximate surface area is 145 Å². The number of halogens is 3. The molecule has 0 radical (unpaired) electrons. The molecule has 1 atom stereocenters. The molecule has 1 aromatic heterocycles. The highest BCUT2D eigenvalue weighted by Gasteiger charge is 2.31. The second-order valence-corrected chi connectivity index (χ2v) is 7.13. The third-order valence-electron chi connectivity index (χ3n) is 3.70. The van der Waals surface area contributed by atoms with Gasteiger partial charge in [-0.1, -0.05) is 0 Å². The number of hydrogen-bond acceptors (Lipinski definition) is 4. The van der Waals surface area contributed by atoms with Gasteiger partial charge in [-0.2, -0.15) is 13.2 Å². The van der Waals surface area contributed by atoms with Gasteiger partial charge in [0.15, 0.2) is 0 Å². The minimum Gasteiger partial charge on any atom is -0.477 e. The Morgan fingerprint density at radius 1 is 1.36 bits per heavy atom. The zero-order valence-corrected chi connectivity index (χ0v) is 14.6. The van der Waals surface area contributed by atoms with Crippen molar-refractivity contribution in [3.05, 3.63) is 23.9 Å². The number of carbonyl (C=O) groups is 1. The number of hydrogen-bond donors (Lipinski definition) is 0. The Hall–Kier alpha value is -1.99. The van der Waals surface area contributed by atoms with Crippen molar-refractivity contribution in [1.82, 2.24) is 9.88 Å². The molecule has 1 saturated heterocycles. The summed E-state index contributed by atoms with van der Waals surface area (Å²) >= 11 is 0. The van der Waals surface area contributed by atoms with Crippen molar-refractivity contribution in [2.45, 2.75) is 45.4 Å². The highest BCUT2D eigenvalue weighted by Crippen LogP contribution is 2.30. The van der Waals surface area contributed by atoms with Crippen LogP contribution in [0.4, 0.5) is 18.0 Å². The lowest BCUT2D eigenvalue weighted by Gasteiger charge is -2.33. The molecule has 25 heavy (non-hydrogen) atoms. The summed E-state index contributed by atoms with van der Waals surface area (Å²) in [5.41, 5.74) is -1.36. The van der Waals surface area contributed by atoms with Crippen molar-refractivity contribution in [3.63, 3.8) is 0 Å². The van der Waals surface area contributed by atoms with Crippen LogP contribution in [0.2, 0.25) is 0 Å². The second kappa shape index (κ2) is 7.49. The number of amides is 1. The molecule has 1 aliphatic heterocycles. The summed E-state index contributed by atoms with van der Waals surface area (Å²) < 4.78 is 48.9. The number of piperidine rings is 1. The average molecular weight is 360 g/mol. The van der Waals surface area contributed by atoms with E-state index < -0.39 is 17.3 Å². The van der Waals surface area contributed by atoms with Crippen LogP contribution < -0.4 is 4.74 Å². The molecule has 2 rings (SSSR count). The summed E-state index contributed by atoms with van der Waals surface area (Å²) in [5.74, 6) is -0.0400. The number of alkyl halides is 3. The molecule has 0 spiro atoms. The number of aromatic nitrogens is 1. The van der Waals surface area contributed by atoms with Crippen molar-refractivity contribution in [3.8, 4) is 5.88 Å². The Morgan fingerprint density at radius 2 is 2.08 bits per heavy atom. The average Bonchev–Trinajstić information content (AvgIpc) is 2.51. The number of likely N-dealkylation sites (tertiary alicyclic amines) is 1. The third kappa shape index (κ3) is 6.10. The highest BCUT2D eigenvalue weighted by molar-refractivity contribution is 5.68. The van der Waals surface area contributed by atoms with Crippen LogP contribution in [0.5, 0.6) is 5.88 Å². The fourth-order valence-corrected chi connectivity index (χ4v) is 2.56. The molecule has 0 N–H and O–H groups in total. The van der Waals surface area contributed by atoms with Gasteiger partial charge >= 0.3 is 12.3 Å². The van der Waals surface area contributed by atoms with Crippen LogP contribution in [-0.4, -0.2) is 41.3 Å². The molecule has 0 bridgehead atoms. The maximum absolute atomic E-state index is 12.7. The first-order valence-corrected chi connectivity index (χ1v) is 8.18. The first kappa shape index (κ1) is 19.3. The zero-order chi connectivity index (χ0) is 18.7. The predicted octanol–water partition coefficient (Wildman–Crippen LogP) is 4.13. The molecule has 0 unspecified atom stereocenters. The molecule has 140 valence electrons. The predicted molar refractivity (Wildman–Crippen MR) is 85.3 cm³/mol. The number of carbonyl (C=O) groups excluding carboxylic acids is 1. The maximum Gasteiger partial charge on any atom is 0.416 e. The normalized spacial score (nSPS) is 18.8. The van der Waals surface area contributed by atoms with Crippen LogP contribution in [0, 0.1) is 5.92 Å². The van der Waals surface area contributed by atoms with Crippen molar-refractivity contribution >= 4 is 6.09 Å². The fourth-order valence-electron chi connectivity index (χ4n) is 2.56. The Balaban J connectivity index is 1.90. The summed E-state index contributed by atoms with van der Waals surface area (Å²) in [6.07, 6.45) is -2.11. The molecule has 0 saturated carbocycles. The van der Waals surface area contributed by atoms with E-state index in [1.165, 1.54) is 0 Å². The standard InChI is InChI=1S/C17H23F3N2O3/c1-16(2,3)25-15(23)22-8-4-5-12(10-22)11-24-14-9-13(6-7-21-14)17(18,19)20/h6-7,9,12H,4-5,8,10-11H2,1-3H3/t12-/m1/s1. The van der Waals surface area contributed by atoms with Gasteiger partial charge in [-0.25, -0.2) is 9.78 Å². The van der Waals surface area contributed by atoms with Gasteiger partial charge in [-0.15, -0.1) is 0 Å². The van der Waals surface area contributed by atoms with Gasteiger partial charge in [0.1, 0.15) is 5.60 Å². The van der Waals surface area contributed by atoms with Crippen LogP contribution in [0.1, 0.15) is 39.2 Å². The zero-order valence-electron chi connectivity index (χ0n) is 14.6. The highest BCUT2D eigenvalue weighted by atomic mass is 19.4. The number of nitrogens with zero attached hydrogens (tertiary/aromatic N) is 2. The topological polar surface area (TPSA) is 51.7 Å². The Bertz CT molecular complexity index is 600. The molecule has 0 aliphatic carbocycles. The largest absolute Gasteiger partial charge is 0.477 e. The SMILES string of the molecule is CC(C)(C)OC(=O)N1CCC[C@@H](COc2cc(C(F)(F)F)ccn2)C1. The van der Waals surface area contributed by atoms with Crippen molar-refractivity contribution < 1.29 is 27.4 Å². The van der Waals surface area contributed by atoms with Gasteiger partial charge in [0.25, 0.3) is 0 Å². The maximum atomic E-state index is 12.7. The van der Waals surface area contributed by atoms with Gasteiger partial charge in [-0.05, 0) is 39.7 Å². The van der Waals surface area contributed by atoms with Gasteiger partial charge < -0.3 is 14.4 Å². The van der Waals surface area contributed by atoms with Crippen molar-refractivity contribution in [1.29, 1.82) is 0 Å². The van der Waals surface area contributed by atoms with E-state index in [0.717, 1.165) is 31.2 Å². The van der Waals surface area contributed by atoms with E-state index in [4.69, 9.17) is 9.47 Å². The summed E-state index contributed by atoms with van der Waals surface area (Å²) in [4.78, 5) is 17.5. The van der Waals surface area contributed by atoms with E-state index in [1.54, 1.807) is 25.7 Å². The van der Waals surface area contributed by atoms with E-state index in [-0.39, 0.29) is 24.5 Å². The van der Waals surface area contributed by atoms with Gasteiger partial charge in [0.2, 0.25) is 5.88 Å². The summed E-state index contributed by atoms with van der Waals surface area (Å²) in [5, 5.41) is 0. The van der Waals surface area contributed by atoms with Crippen molar-refractivity contribution in [2.24, 2.45) is 5.92 Å².